The number of benzene rings is 7. The fourth-order valence-electron chi connectivity index (χ4n) is 5.93. The molecule has 7 aromatic rings. The summed E-state index contributed by atoms with van der Waals surface area (Å²) in [5, 5.41) is 4.82. The van der Waals surface area contributed by atoms with E-state index < -0.39 is 0 Å². The molecule has 1 heteroatoms. The van der Waals surface area contributed by atoms with Crippen LogP contribution in [0.5, 0.6) is 5.75 Å². The number of rotatable bonds is 5. The lowest BCUT2D eigenvalue weighted by atomic mass is 9.78. The van der Waals surface area contributed by atoms with E-state index in [0.717, 1.165) is 11.1 Å². The molecule has 0 radical (unpaired) electrons. The second-order valence-electron chi connectivity index (χ2n) is 10.1. The van der Waals surface area contributed by atoms with Crippen molar-refractivity contribution in [3.8, 4) is 50.3 Å². The zero-order chi connectivity index (χ0) is 26.9. The van der Waals surface area contributed by atoms with Crippen LogP contribution in [0, 0.1) is 0 Å². The number of ether oxygens (including phenoxy) is 1. The van der Waals surface area contributed by atoms with E-state index in [1.165, 1.54) is 60.7 Å². The largest absolute Gasteiger partial charge is 0.497 e. The molecule has 1 nitrogen and oxygen atoms in total. The predicted molar refractivity (Wildman–Crippen MR) is 170 cm³/mol. The lowest BCUT2D eigenvalue weighted by molar-refractivity contribution is 0.415. The topological polar surface area (TPSA) is 9.23 Å². The Bertz CT molecular complexity index is 1940. The van der Waals surface area contributed by atoms with Crippen molar-refractivity contribution in [2.24, 2.45) is 0 Å². The van der Waals surface area contributed by atoms with Gasteiger partial charge in [-0.3, -0.25) is 0 Å². The Morgan fingerprint density at radius 2 is 0.725 bits per heavy atom. The average Bonchev–Trinajstić information content (AvgIpc) is 3.04. The highest BCUT2D eigenvalue weighted by Crippen LogP contribution is 2.51. The number of hydrogen-bond donors (Lipinski definition) is 0. The molecule has 0 bridgehead atoms. The van der Waals surface area contributed by atoms with Crippen molar-refractivity contribution in [1.82, 2.24) is 0 Å². The Morgan fingerprint density at radius 1 is 0.350 bits per heavy atom. The molecule has 0 aliphatic rings. The van der Waals surface area contributed by atoms with Gasteiger partial charge >= 0.3 is 0 Å². The van der Waals surface area contributed by atoms with E-state index in [1.54, 1.807) is 7.11 Å². The second-order valence-corrected chi connectivity index (χ2v) is 10.1. The molecule has 0 aliphatic carbocycles. The Morgan fingerprint density at radius 3 is 1.12 bits per heavy atom. The standard InChI is InChI=1S/C39H28O/c1-40-33-23-22-31-25-34-35(26-32(31)24-33)37(28-16-8-3-9-17-28)39(30-20-12-5-13-21-30)38(29-18-10-4-11-19-29)36(34)27-14-6-2-7-15-27/h2-26H,1H3. The molecular weight excluding hydrogens is 484 g/mol. The second kappa shape index (κ2) is 10.2. The Labute approximate surface area is 235 Å². The molecule has 190 valence electrons. The molecule has 0 aliphatic heterocycles. The van der Waals surface area contributed by atoms with E-state index >= 15 is 0 Å². The van der Waals surface area contributed by atoms with Crippen LogP contribution in [0.4, 0.5) is 0 Å². The quantitative estimate of drug-likeness (QED) is 0.208. The monoisotopic (exact) mass is 512 g/mol. The molecule has 7 rings (SSSR count). The van der Waals surface area contributed by atoms with Gasteiger partial charge in [0, 0.05) is 0 Å². The van der Waals surface area contributed by atoms with E-state index in [-0.39, 0.29) is 0 Å². The van der Waals surface area contributed by atoms with E-state index in [4.69, 9.17) is 4.74 Å². The zero-order valence-corrected chi connectivity index (χ0v) is 22.3. The maximum atomic E-state index is 5.61. The third kappa shape index (κ3) is 4.13. The van der Waals surface area contributed by atoms with Crippen LogP contribution in [0.3, 0.4) is 0 Å². The predicted octanol–water partition coefficient (Wildman–Crippen LogP) is 10.7. The average molecular weight is 513 g/mol. The van der Waals surface area contributed by atoms with Gasteiger partial charge in [0.05, 0.1) is 7.11 Å². The molecule has 0 unspecified atom stereocenters. The molecule has 7 aromatic carbocycles. The van der Waals surface area contributed by atoms with Gasteiger partial charge in [-0.2, -0.15) is 0 Å². The molecule has 0 atom stereocenters. The smallest absolute Gasteiger partial charge is 0.119 e. The van der Waals surface area contributed by atoms with Crippen molar-refractivity contribution >= 4 is 21.5 Å². The van der Waals surface area contributed by atoms with Crippen molar-refractivity contribution < 1.29 is 4.74 Å². The fraction of sp³-hybridized carbons (Fsp3) is 0.0256. The third-order valence-corrected chi connectivity index (χ3v) is 7.72. The third-order valence-electron chi connectivity index (χ3n) is 7.72. The summed E-state index contributed by atoms with van der Waals surface area (Å²) in [6.07, 6.45) is 0. The van der Waals surface area contributed by atoms with Gasteiger partial charge < -0.3 is 4.74 Å². The maximum absolute atomic E-state index is 5.61. The number of fused-ring (bicyclic) bond motifs is 2. The summed E-state index contributed by atoms with van der Waals surface area (Å²) in [6, 6.07) is 54.4. The van der Waals surface area contributed by atoms with Crippen LogP contribution < -0.4 is 4.74 Å². The summed E-state index contributed by atoms with van der Waals surface area (Å²) in [4.78, 5) is 0. The first kappa shape index (κ1) is 23.9. The molecule has 0 amide bonds. The van der Waals surface area contributed by atoms with E-state index in [2.05, 4.69) is 146 Å². The van der Waals surface area contributed by atoms with Gasteiger partial charge in [-0.25, -0.2) is 0 Å². The Kier molecular flexibility index (Phi) is 6.11. The molecule has 0 saturated heterocycles. The highest BCUT2D eigenvalue weighted by Gasteiger charge is 2.24. The number of methoxy groups -OCH3 is 1. The summed E-state index contributed by atoms with van der Waals surface area (Å²) in [5.74, 6) is 0.862. The van der Waals surface area contributed by atoms with Crippen LogP contribution in [0.25, 0.3) is 66.1 Å². The summed E-state index contributed by atoms with van der Waals surface area (Å²) in [6.45, 7) is 0. The van der Waals surface area contributed by atoms with Crippen LogP contribution in [0.15, 0.2) is 152 Å². The van der Waals surface area contributed by atoms with Gasteiger partial charge in [0.1, 0.15) is 5.75 Å². The lowest BCUT2D eigenvalue weighted by Gasteiger charge is -2.24. The van der Waals surface area contributed by atoms with Gasteiger partial charge in [0.2, 0.25) is 0 Å². The van der Waals surface area contributed by atoms with Gasteiger partial charge in [-0.05, 0) is 90.3 Å². The van der Waals surface area contributed by atoms with Gasteiger partial charge in [-0.15, -0.1) is 0 Å². The Hall–Kier alpha value is -5.14. The van der Waals surface area contributed by atoms with Crippen LogP contribution in [0.2, 0.25) is 0 Å². The normalized spacial score (nSPS) is 11.1. The van der Waals surface area contributed by atoms with Crippen molar-refractivity contribution in [1.29, 1.82) is 0 Å². The van der Waals surface area contributed by atoms with Crippen LogP contribution in [-0.4, -0.2) is 7.11 Å². The van der Waals surface area contributed by atoms with Crippen molar-refractivity contribution in [2.75, 3.05) is 7.11 Å². The van der Waals surface area contributed by atoms with Crippen molar-refractivity contribution in [2.45, 2.75) is 0 Å². The summed E-state index contributed by atoms with van der Waals surface area (Å²) >= 11 is 0. The minimum absolute atomic E-state index is 0.862. The van der Waals surface area contributed by atoms with E-state index in [1.807, 2.05) is 6.07 Å². The Balaban J connectivity index is 1.78. The van der Waals surface area contributed by atoms with Crippen LogP contribution in [0.1, 0.15) is 0 Å². The summed E-state index contributed by atoms with van der Waals surface area (Å²) < 4.78 is 5.61. The van der Waals surface area contributed by atoms with Crippen LogP contribution in [-0.2, 0) is 0 Å². The number of hydrogen-bond acceptors (Lipinski definition) is 1. The summed E-state index contributed by atoms with van der Waals surface area (Å²) in [5.41, 5.74) is 9.78. The van der Waals surface area contributed by atoms with E-state index in [9.17, 15) is 0 Å². The molecule has 0 aromatic heterocycles. The molecule has 0 heterocycles. The van der Waals surface area contributed by atoms with Gasteiger partial charge in [-0.1, -0.05) is 127 Å². The highest BCUT2D eigenvalue weighted by molar-refractivity contribution is 6.20. The first-order valence-electron chi connectivity index (χ1n) is 13.6. The van der Waals surface area contributed by atoms with Crippen LogP contribution >= 0.6 is 0 Å². The SMILES string of the molecule is COc1ccc2cc3c(-c4ccccc4)c(-c4ccccc4)c(-c4ccccc4)c(-c4ccccc4)c3cc2c1. The van der Waals surface area contributed by atoms with E-state index in [0.29, 0.717) is 0 Å². The van der Waals surface area contributed by atoms with Gasteiger partial charge in [0.15, 0.2) is 0 Å². The first-order valence-corrected chi connectivity index (χ1v) is 13.6. The molecular formula is C39H28O. The highest BCUT2D eigenvalue weighted by atomic mass is 16.5. The molecule has 0 N–H and O–H groups in total. The lowest BCUT2D eigenvalue weighted by Crippen LogP contribution is -1.97. The molecule has 0 saturated carbocycles. The fourth-order valence-corrected chi connectivity index (χ4v) is 5.93. The van der Waals surface area contributed by atoms with Gasteiger partial charge in [0.25, 0.3) is 0 Å². The first-order chi connectivity index (χ1) is 19.8. The van der Waals surface area contributed by atoms with Crippen molar-refractivity contribution in [3.05, 3.63) is 152 Å². The molecule has 0 spiro atoms. The van der Waals surface area contributed by atoms with Crippen molar-refractivity contribution in [3.63, 3.8) is 0 Å². The molecule has 40 heavy (non-hydrogen) atoms. The molecule has 0 fully saturated rings. The summed E-state index contributed by atoms with van der Waals surface area (Å²) in [7, 11) is 1.73. The minimum atomic E-state index is 0.862. The maximum Gasteiger partial charge on any atom is 0.119 e. The minimum Gasteiger partial charge on any atom is -0.497 e. The zero-order valence-electron chi connectivity index (χ0n) is 22.3.